The molecule has 0 aliphatic carbocycles. The number of unbranched alkanes of at least 4 members (excludes halogenated alkanes) is 1. The van der Waals surface area contributed by atoms with Crippen molar-refractivity contribution in [2.45, 2.75) is 52.9 Å². The Morgan fingerprint density at radius 3 is 2.62 bits per heavy atom. The highest BCUT2D eigenvalue weighted by Crippen LogP contribution is 2.34. The average Bonchev–Trinajstić information content (AvgIpc) is 2.99. The molecule has 1 aliphatic rings. The van der Waals surface area contributed by atoms with Crippen molar-refractivity contribution in [2.24, 2.45) is 11.3 Å². The molecule has 0 unspecified atom stereocenters. The minimum Gasteiger partial charge on any atom is -0.356 e. The Kier molecular flexibility index (Phi) is 6.79. The molecule has 0 saturated carbocycles. The van der Waals surface area contributed by atoms with Crippen LogP contribution in [-0.2, 0) is 9.59 Å². The van der Waals surface area contributed by atoms with Crippen molar-refractivity contribution in [3.63, 3.8) is 0 Å². The number of hydrogen-bond donors (Lipinski definition) is 1. The van der Waals surface area contributed by atoms with Crippen LogP contribution in [0.2, 0.25) is 0 Å². The smallest absolute Gasteiger partial charge is 0.225 e. The Labute approximate surface area is 156 Å². The molecule has 0 aromatic heterocycles. The molecular formula is C21H31FN2O2. The third kappa shape index (κ3) is 5.55. The molecule has 1 fully saturated rings. The lowest BCUT2D eigenvalue weighted by Crippen LogP contribution is -2.36. The first kappa shape index (κ1) is 20.4. The van der Waals surface area contributed by atoms with Gasteiger partial charge in [0, 0.05) is 32.0 Å². The van der Waals surface area contributed by atoms with E-state index in [1.54, 1.807) is 11.0 Å². The van der Waals surface area contributed by atoms with Crippen LogP contribution in [0.25, 0.3) is 0 Å². The zero-order chi connectivity index (χ0) is 19.3. The Bertz CT molecular complexity index is 639. The third-order valence-corrected chi connectivity index (χ3v) is 4.80. The van der Waals surface area contributed by atoms with E-state index < -0.39 is 0 Å². The van der Waals surface area contributed by atoms with Gasteiger partial charge in [0.05, 0.1) is 5.92 Å². The summed E-state index contributed by atoms with van der Waals surface area (Å²) in [6, 6.07) is 6.39. The molecule has 0 bridgehead atoms. The third-order valence-electron chi connectivity index (χ3n) is 4.80. The maximum atomic E-state index is 13.7. The molecule has 1 aromatic carbocycles. The van der Waals surface area contributed by atoms with Crippen LogP contribution in [0, 0.1) is 17.2 Å². The van der Waals surface area contributed by atoms with E-state index in [2.05, 4.69) is 12.2 Å². The van der Waals surface area contributed by atoms with Crippen molar-refractivity contribution in [2.75, 3.05) is 19.6 Å². The van der Waals surface area contributed by atoms with Crippen molar-refractivity contribution >= 4 is 11.8 Å². The second kappa shape index (κ2) is 8.65. The number of rotatable bonds is 6. The maximum absolute atomic E-state index is 13.7. The maximum Gasteiger partial charge on any atom is 0.225 e. The van der Waals surface area contributed by atoms with E-state index in [9.17, 15) is 14.0 Å². The van der Waals surface area contributed by atoms with Gasteiger partial charge in [-0.05, 0) is 29.5 Å². The van der Waals surface area contributed by atoms with Crippen LogP contribution in [0.5, 0.6) is 0 Å². The molecule has 1 heterocycles. The van der Waals surface area contributed by atoms with Gasteiger partial charge in [-0.15, -0.1) is 0 Å². The van der Waals surface area contributed by atoms with Gasteiger partial charge in [-0.2, -0.15) is 0 Å². The van der Waals surface area contributed by atoms with Gasteiger partial charge in [-0.3, -0.25) is 9.59 Å². The zero-order valence-electron chi connectivity index (χ0n) is 16.3. The van der Waals surface area contributed by atoms with E-state index in [0.717, 1.165) is 18.4 Å². The van der Waals surface area contributed by atoms with E-state index in [0.29, 0.717) is 26.1 Å². The number of carbonyl (C=O) groups is 2. The van der Waals surface area contributed by atoms with Gasteiger partial charge < -0.3 is 10.2 Å². The lowest BCUT2D eigenvalue weighted by molar-refractivity contribution is -0.132. The second-order valence-electron chi connectivity index (χ2n) is 8.45. The number of halogens is 1. The molecule has 2 atom stereocenters. The molecule has 0 spiro atoms. The molecule has 1 aliphatic heterocycles. The molecule has 0 radical (unpaired) electrons. The topological polar surface area (TPSA) is 49.4 Å². The van der Waals surface area contributed by atoms with Crippen molar-refractivity contribution in [1.82, 2.24) is 10.2 Å². The monoisotopic (exact) mass is 362 g/mol. The fourth-order valence-corrected chi connectivity index (χ4v) is 3.43. The van der Waals surface area contributed by atoms with Gasteiger partial charge in [0.2, 0.25) is 11.8 Å². The summed E-state index contributed by atoms with van der Waals surface area (Å²) in [5, 5.41) is 2.98. The molecule has 26 heavy (non-hydrogen) atoms. The summed E-state index contributed by atoms with van der Waals surface area (Å²) >= 11 is 0. The summed E-state index contributed by atoms with van der Waals surface area (Å²) in [5.41, 5.74) is 0.680. The van der Waals surface area contributed by atoms with Crippen molar-refractivity contribution < 1.29 is 14.0 Å². The van der Waals surface area contributed by atoms with Crippen LogP contribution >= 0.6 is 0 Å². The highest BCUT2D eigenvalue weighted by molar-refractivity contribution is 5.83. The van der Waals surface area contributed by atoms with Gasteiger partial charge in [0.15, 0.2) is 0 Å². The van der Waals surface area contributed by atoms with E-state index in [1.807, 2.05) is 26.8 Å². The summed E-state index contributed by atoms with van der Waals surface area (Å²) in [6.07, 6.45) is 2.37. The van der Waals surface area contributed by atoms with Crippen LogP contribution in [0.3, 0.4) is 0 Å². The molecule has 4 nitrogen and oxygen atoms in total. The molecule has 1 saturated heterocycles. The minimum atomic E-state index is -0.336. The molecule has 1 N–H and O–H groups in total. The van der Waals surface area contributed by atoms with Gasteiger partial charge in [0.1, 0.15) is 5.82 Å². The predicted molar refractivity (Wildman–Crippen MR) is 101 cm³/mol. The van der Waals surface area contributed by atoms with Crippen molar-refractivity contribution in [1.29, 1.82) is 0 Å². The largest absolute Gasteiger partial charge is 0.356 e. The quantitative estimate of drug-likeness (QED) is 0.784. The summed E-state index contributed by atoms with van der Waals surface area (Å²) in [7, 11) is 0. The molecule has 5 heteroatoms. The van der Waals surface area contributed by atoms with E-state index in [4.69, 9.17) is 0 Å². The fourth-order valence-electron chi connectivity index (χ4n) is 3.43. The minimum absolute atomic E-state index is 0.0428. The zero-order valence-corrected chi connectivity index (χ0v) is 16.3. The Balaban J connectivity index is 2.18. The number of amides is 2. The Hall–Kier alpha value is -1.91. The summed E-state index contributed by atoms with van der Waals surface area (Å²) in [5.74, 6) is -0.803. The number of hydrogen-bond acceptors (Lipinski definition) is 2. The molecule has 2 amide bonds. The fraction of sp³-hybridized carbons (Fsp3) is 0.619. The molecule has 1 aromatic rings. The standard InChI is InChI=1S/C21H31FN2O2/c1-5-6-10-23-20(26)18-14-24(19(25)12-21(2,3)4)13-17(18)15-8-7-9-16(22)11-15/h7-9,11,17-18H,5-6,10,12-14H2,1-4H3,(H,23,26)/t17-,18+/m0/s1. The van der Waals surface area contributed by atoms with Crippen LogP contribution in [0.1, 0.15) is 58.4 Å². The normalized spacial score (nSPS) is 20.3. The Morgan fingerprint density at radius 1 is 1.27 bits per heavy atom. The number of carbonyl (C=O) groups excluding carboxylic acids is 2. The van der Waals surface area contributed by atoms with Crippen molar-refractivity contribution in [3.05, 3.63) is 35.6 Å². The van der Waals surface area contributed by atoms with Crippen molar-refractivity contribution in [3.8, 4) is 0 Å². The highest BCUT2D eigenvalue weighted by Gasteiger charge is 2.40. The summed E-state index contributed by atoms with van der Waals surface area (Å²) in [4.78, 5) is 27.1. The highest BCUT2D eigenvalue weighted by atomic mass is 19.1. The predicted octanol–water partition coefficient (Wildman–Crippen LogP) is 3.72. The first-order chi connectivity index (χ1) is 12.2. The van der Waals surface area contributed by atoms with Gasteiger partial charge >= 0.3 is 0 Å². The summed E-state index contributed by atoms with van der Waals surface area (Å²) in [6.45, 7) is 9.65. The van der Waals surface area contributed by atoms with Gasteiger partial charge in [-0.1, -0.05) is 46.2 Å². The number of benzene rings is 1. The lowest BCUT2D eigenvalue weighted by atomic mass is 9.88. The molecule has 2 rings (SSSR count). The molecule has 144 valence electrons. The number of nitrogens with zero attached hydrogens (tertiary/aromatic N) is 1. The SMILES string of the molecule is CCCCNC(=O)[C@@H]1CN(C(=O)CC(C)(C)C)C[C@H]1c1cccc(F)c1. The second-order valence-corrected chi connectivity index (χ2v) is 8.45. The number of likely N-dealkylation sites (tertiary alicyclic amines) is 1. The summed E-state index contributed by atoms with van der Waals surface area (Å²) < 4.78 is 13.7. The number of nitrogens with one attached hydrogen (secondary N) is 1. The van der Waals surface area contributed by atoms with Crippen LogP contribution < -0.4 is 5.32 Å². The van der Waals surface area contributed by atoms with Crippen LogP contribution in [0.15, 0.2) is 24.3 Å². The first-order valence-corrected chi connectivity index (χ1v) is 9.52. The Morgan fingerprint density at radius 2 is 2.00 bits per heavy atom. The molecular weight excluding hydrogens is 331 g/mol. The van der Waals surface area contributed by atoms with Crippen LogP contribution in [-0.4, -0.2) is 36.3 Å². The van der Waals surface area contributed by atoms with E-state index in [-0.39, 0.29) is 34.9 Å². The van der Waals surface area contributed by atoms with E-state index in [1.165, 1.54) is 12.1 Å². The lowest BCUT2D eigenvalue weighted by Gasteiger charge is -2.23. The van der Waals surface area contributed by atoms with E-state index >= 15 is 0 Å². The average molecular weight is 362 g/mol. The first-order valence-electron chi connectivity index (χ1n) is 9.52. The van der Waals surface area contributed by atoms with Crippen LogP contribution in [0.4, 0.5) is 4.39 Å². The van der Waals surface area contributed by atoms with Gasteiger partial charge in [0.25, 0.3) is 0 Å². The van der Waals surface area contributed by atoms with Gasteiger partial charge in [-0.25, -0.2) is 4.39 Å².